The van der Waals surface area contributed by atoms with Crippen molar-refractivity contribution >= 4 is 0 Å². The topological polar surface area (TPSA) is 21.3 Å². The molecule has 5 heteroatoms. The zero-order chi connectivity index (χ0) is 10.1. The molecule has 0 aromatic carbocycles. The fraction of sp³-hybridized carbons (Fsp3) is 1.00. The van der Waals surface area contributed by atoms with E-state index >= 15 is 0 Å². The zero-order valence-electron chi connectivity index (χ0n) is 7.69. The minimum atomic E-state index is -4.16. The van der Waals surface area contributed by atoms with Crippen molar-refractivity contribution in [3.8, 4) is 0 Å². The molecule has 1 fully saturated rings. The van der Waals surface area contributed by atoms with Crippen molar-refractivity contribution in [2.75, 3.05) is 6.61 Å². The molecule has 0 amide bonds. The first kappa shape index (κ1) is 10.8. The van der Waals surface area contributed by atoms with Gasteiger partial charge in [-0.2, -0.15) is 13.2 Å². The molecule has 2 nitrogen and oxygen atoms in total. The van der Waals surface area contributed by atoms with Gasteiger partial charge in [-0.1, -0.05) is 0 Å². The van der Waals surface area contributed by atoms with Crippen LogP contribution in [0.5, 0.6) is 0 Å². The number of alkyl halides is 3. The van der Waals surface area contributed by atoms with Gasteiger partial charge in [-0.05, 0) is 20.3 Å². The monoisotopic (exact) mass is 197 g/mol. The van der Waals surface area contributed by atoms with Crippen LogP contribution in [0.4, 0.5) is 13.2 Å². The lowest BCUT2D eigenvalue weighted by Crippen LogP contribution is -2.47. The van der Waals surface area contributed by atoms with E-state index in [-0.39, 0.29) is 12.1 Å². The highest BCUT2D eigenvalue weighted by Crippen LogP contribution is 2.22. The Labute approximate surface area is 75.4 Å². The quantitative estimate of drug-likeness (QED) is 0.727. The Balaban J connectivity index is 2.40. The first-order valence-corrected chi connectivity index (χ1v) is 4.35. The second-order valence-electron chi connectivity index (χ2n) is 3.40. The molecule has 0 aromatic rings. The summed E-state index contributed by atoms with van der Waals surface area (Å²) < 4.78 is 41.5. The summed E-state index contributed by atoms with van der Waals surface area (Å²) in [6.45, 7) is 3.46. The smallest absolute Gasteiger partial charge is 0.377 e. The summed E-state index contributed by atoms with van der Waals surface area (Å²) in [6.07, 6.45) is -3.63. The fourth-order valence-electron chi connectivity index (χ4n) is 1.37. The highest BCUT2D eigenvalue weighted by Gasteiger charge is 2.38. The molecule has 13 heavy (non-hydrogen) atoms. The predicted octanol–water partition coefficient (Wildman–Crippen LogP) is 1.70. The van der Waals surface area contributed by atoms with E-state index in [1.54, 1.807) is 6.92 Å². The van der Waals surface area contributed by atoms with Gasteiger partial charge in [0.25, 0.3) is 0 Å². The Hall–Kier alpha value is -0.290. The molecule has 1 aliphatic heterocycles. The van der Waals surface area contributed by atoms with Crippen LogP contribution in [-0.4, -0.2) is 31.0 Å². The molecule has 1 heterocycles. The highest BCUT2D eigenvalue weighted by molar-refractivity contribution is 4.83. The molecule has 1 N–H and O–H groups in total. The van der Waals surface area contributed by atoms with Crippen LogP contribution >= 0.6 is 0 Å². The molecule has 0 aromatic heterocycles. The van der Waals surface area contributed by atoms with Gasteiger partial charge in [-0.25, -0.2) is 0 Å². The third-order valence-corrected chi connectivity index (χ3v) is 2.33. The average Bonchev–Trinajstić information content (AvgIpc) is 2.34. The number of hydrogen-bond acceptors (Lipinski definition) is 2. The Morgan fingerprint density at radius 2 is 2.08 bits per heavy atom. The van der Waals surface area contributed by atoms with Gasteiger partial charge in [0.1, 0.15) is 6.04 Å². The molecule has 0 spiro atoms. The van der Waals surface area contributed by atoms with Crippen LogP contribution in [0.25, 0.3) is 0 Å². The maximum Gasteiger partial charge on any atom is 0.403 e. The van der Waals surface area contributed by atoms with Gasteiger partial charge in [0.2, 0.25) is 0 Å². The summed E-state index contributed by atoms with van der Waals surface area (Å²) in [5.74, 6) is 0. The molecular formula is C8H14F3NO. The normalized spacial score (nSPS) is 32.1. The highest BCUT2D eigenvalue weighted by atomic mass is 19.4. The lowest BCUT2D eigenvalue weighted by molar-refractivity contribution is -0.154. The minimum Gasteiger partial charge on any atom is -0.377 e. The second-order valence-corrected chi connectivity index (χ2v) is 3.40. The maximum atomic E-state index is 12.1. The maximum absolute atomic E-state index is 12.1. The molecular weight excluding hydrogens is 183 g/mol. The average molecular weight is 197 g/mol. The Morgan fingerprint density at radius 3 is 2.46 bits per heavy atom. The number of rotatable bonds is 2. The van der Waals surface area contributed by atoms with Gasteiger partial charge < -0.3 is 10.1 Å². The summed E-state index contributed by atoms with van der Waals surface area (Å²) >= 11 is 0. The van der Waals surface area contributed by atoms with Crippen molar-refractivity contribution in [3.63, 3.8) is 0 Å². The van der Waals surface area contributed by atoms with Crippen molar-refractivity contribution in [3.05, 3.63) is 0 Å². The fourth-order valence-corrected chi connectivity index (χ4v) is 1.37. The van der Waals surface area contributed by atoms with E-state index in [1.807, 2.05) is 0 Å². The van der Waals surface area contributed by atoms with Crippen LogP contribution < -0.4 is 5.32 Å². The number of nitrogens with one attached hydrogen (secondary N) is 1. The number of halogens is 3. The molecule has 0 saturated carbocycles. The van der Waals surface area contributed by atoms with E-state index in [1.165, 1.54) is 0 Å². The molecule has 1 aliphatic rings. The number of ether oxygens (including phenoxy) is 1. The molecule has 0 radical (unpaired) electrons. The van der Waals surface area contributed by atoms with E-state index < -0.39 is 12.2 Å². The van der Waals surface area contributed by atoms with E-state index in [0.29, 0.717) is 13.0 Å². The summed E-state index contributed by atoms with van der Waals surface area (Å²) in [5, 5.41) is 2.52. The van der Waals surface area contributed by atoms with Crippen LogP contribution in [0, 0.1) is 0 Å². The van der Waals surface area contributed by atoms with Gasteiger partial charge in [0, 0.05) is 12.6 Å². The molecule has 0 bridgehead atoms. The van der Waals surface area contributed by atoms with Crippen molar-refractivity contribution in [1.29, 1.82) is 0 Å². The van der Waals surface area contributed by atoms with Crippen LogP contribution in [0.1, 0.15) is 20.3 Å². The van der Waals surface area contributed by atoms with Gasteiger partial charge in [-0.15, -0.1) is 0 Å². The van der Waals surface area contributed by atoms with Gasteiger partial charge >= 0.3 is 6.18 Å². The predicted molar refractivity (Wildman–Crippen MR) is 42.5 cm³/mol. The number of hydrogen-bond donors (Lipinski definition) is 1. The minimum absolute atomic E-state index is 0.121. The third kappa shape index (κ3) is 2.84. The van der Waals surface area contributed by atoms with E-state index in [2.05, 4.69) is 5.32 Å². The Morgan fingerprint density at radius 1 is 1.46 bits per heavy atom. The standard InChI is InChI=1S/C8H14F3NO/c1-5-7(3-4-13-5)12-6(2)8(9,10)11/h5-7,12H,3-4H2,1-2H3/t5-,6?,7-/m1/s1. The lowest BCUT2D eigenvalue weighted by atomic mass is 10.1. The van der Waals surface area contributed by atoms with Crippen molar-refractivity contribution in [2.24, 2.45) is 0 Å². The van der Waals surface area contributed by atoms with Crippen LogP contribution in [0.2, 0.25) is 0 Å². The molecule has 1 unspecified atom stereocenters. The first-order chi connectivity index (χ1) is 5.91. The second kappa shape index (κ2) is 3.84. The van der Waals surface area contributed by atoms with Crippen molar-refractivity contribution in [1.82, 2.24) is 5.32 Å². The lowest BCUT2D eigenvalue weighted by Gasteiger charge is -2.23. The van der Waals surface area contributed by atoms with Crippen LogP contribution in [0.15, 0.2) is 0 Å². The Kier molecular flexibility index (Phi) is 3.18. The largest absolute Gasteiger partial charge is 0.403 e. The molecule has 78 valence electrons. The Bertz CT molecular complexity index is 171. The zero-order valence-corrected chi connectivity index (χ0v) is 7.69. The third-order valence-electron chi connectivity index (χ3n) is 2.33. The molecule has 1 saturated heterocycles. The summed E-state index contributed by atoms with van der Waals surface area (Å²) in [5.41, 5.74) is 0. The molecule has 3 atom stereocenters. The summed E-state index contributed by atoms with van der Waals surface area (Å²) in [6, 6.07) is -1.63. The van der Waals surface area contributed by atoms with Crippen LogP contribution in [-0.2, 0) is 4.74 Å². The van der Waals surface area contributed by atoms with E-state index in [9.17, 15) is 13.2 Å². The van der Waals surface area contributed by atoms with E-state index in [0.717, 1.165) is 6.92 Å². The SMILES string of the molecule is CC(N[C@@H]1CCO[C@@H]1C)C(F)(F)F. The molecule has 0 aliphatic carbocycles. The van der Waals surface area contributed by atoms with Crippen molar-refractivity contribution in [2.45, 2.75) is 44.6 Å². The van der Waals surface area contributed by atoms with Crippen molar-refractivity contribution < 1.29 is 17.9 Å². The van der Waals surface area contributed by atoms with E-state index in [4.69, 9.17) is 4.74 Å². The first-order valence-electron chi connectivity index (χ1n) is 4.35. The van der Waals surface area contributed by atoms with Gasteiger partial charge in [-0.3, -0.25) is 0 Å². The van der Waals surface area contributed by atoms with Gasteiger partial charge in [0.05, 0.1) is 6.10 Å². The summed E-state index contributed by atoms with van der Waals surface area (Å²) in [7, 11) is 0. The summed E-state index contributed by atoms with van der Waals surface area (Å²) in [4.78, 5) is 0. The molecule has 1 rings (SSSR count). The van der Waals surface area contributed by atoms with Gasteiger partial charge in [0.15, 0.2) is 0 Å². The van der Waals surface area contributed by atoms with Crippen LogP contribution in [0.3, 0.4) is 0 Å².